The molecule has 0 bridgehead atoms. The van der Waals surface area contributed by atoms with Gasteiger partial charge in [-0.3, -0.25) is 4.57 Å². The minimum atomic E-state index is 0.598. The van der Waals surface area contributed by atoms with Crippen LogP contribution in [0, 0.1) is 0 Å². The van der Waals surface area contributed by atoms with Crippen LogP contribution in [0.25, 0.3) is 117 Å². The summed E-state index contributed by atoms with van der Waals surface area (Å²) >= 11 is 0. The Balaban J connectivity index is 1.06. The van der Waals surface area contributed by atoms with Crippen molar-refractivity contribution in [1.29, 1.82) is 0 Å². The fraction of sp³-hybridized carbons (Fsp3) is 0. The maximum atomic E-state index is 5.49. The van der Waals surface area contributed by atoms with E-state index in [1.54, 1.807) is 0 Å². The van der Waals surface area contributed by atoms with E-state index < -0.39 is 0 Å². The first-order valence-electron chi connectivity index (χ1n) is 21.0. The van der Waals surface area contributed by atoms with Crippen LogP contribution in [0.15, 0.2) is 207 Å². The zero-order chi connectivity index (χ0) is 41.1. The third-order valence-electron chi connectivity index (χ3n) is 12.4. The lowest BCUT2D eigenvalue weighted by atomic mass is 9.93. The maximum Gasteiger partial charge on any atom is 0.235 e. The Labute approximate surface area is 358 Å². The van der Waals surface area contributed by atoms with Crippen molar-refractivity contribution >= 4 is 83.4 Å². The Hall–Kier alpha value is -8.34. The molecule has 0 saturated heterocycles. The lowest BCUT2D eigenvalue weighted by molar-refractivity contribution is 0.973. The molecule has 4 nitrogen and oxygen atoms in total. The lowest BCUT2D eigenvalue weighted by Crippen LogP contribution is -2.05. The zero-order valence-electron chi connectivity index (χ0n) is 33.8. The van der Waals surface area contributed by atoms with Crippen molar-refractivity contribution in [3.8, 4) is 34.0 Å². The first-order chi connectivity index (χ1) is 30.7. The van der Waals surface area contributed by atoms with Gasteiger partial charge in [-0.15, -0.1) is 0 Å². The Kier molecular flexibility index (Phi) is 8.29. The van der Waals surface area contributed by atoms with Gasteiger partial charge in [0.15, 0.2) is 0 Å². The van der Waals surface area contributed by atoms with Crippen LogP contribution in [-0.4, -0.2) is 19.1 Å². The number of fused-ring (bicyclic) bond motifs is 8. The van der Waals surface area contributed by atoms with Gasteiger partial charge in [-0.05, 0) is 75.3 Å². The number of para-hydroxylation sites is 4. The van der Waals surface area contributed by atoms with Crippen molar-refractivity contribution in [3.05, 3.63) is 224 Å². The number of hydrogen-bond donors (Lipinski definition) is 0. The largest absolute Gasteiger partial charge is 0.309 e. The smallest absolute Gasteiger partial charge is 0.235 e. The summed E-state index contributed by atoms with van der Waals surface area (Å²) in [5.74, 6) is 0.598. The van der Waals surface area contributed by atoms with Crippen LogP contribution in [-0.2, 0) is 0 Å². The van der Waals surface area contributed by atoms with Crippen LogP contribution >= 0.6 is 0 Å². The van der Waals surface area contributed by atoms with Gasteiger partial charge in [-0.2, -0.15) is 0 Å². The molecule has 3 heterocycles. The fourth-order valence-corrected chi connectivity index (χ4v) is 9.63. The third kappa shape index (κ3) is 5.54. The molecular weight excluding hydrogens is 753 g/mol. The molecule has 0 atom stereocenters. The van der Waals surface area contributed by atoms with E-state index in [1.165, 1.54) is 49.1 Å². The predicted molar refractivity (Wildman–Crippen MR) is 262 cm³/mol. The molecule has 0 aliphatic carbocycles. The van der Waals surface area contributed by atoms with E-state index in [2.05, 4.69) is 222 Å². The Bertz CT molecular complexity index is 3760. The van der Waals surface area contributed by atoms with Crippen LogP contribution in [0.1, 0.15) is 16.8 Å². The highest BCUT2D eigenvalue weighted by atomic mass is 15.2. The molecule has 0 N–H and O–H groups in total. The molecule has 0 unspecified atom stereocenters. The minimum absolute atomic E-state index is 0.598. The summed E-state index contributed by atoms with van der Waals surface area (Å²) in [4.78, 5) is 10.8. The van der Waals surface area contributed by atoms with Crippen LogP contribution in [0.3, 0.4) is 0 Å². The molecule has 0 spiro atoms. The van der Waals surface area contributed by atoms with Crippen molar-refractivity contribution in [2.75, 3.05) is 0 Å². The quantitative estimate of drug-likeness (QED) is 0.161. The van der Waals surface area contributed by atoms with E-state index in [4.69, 9.17) is 9.97 Å². The highest BCUT2D eigenvalue weighted by Gasteiger charge is 2.21. The molecule has 62 heavy (non-hydrogen) atoms. The number of hydrogen-bond acceptors (Lipinski definition) is 2. The highest BCUT2D eigenvalue weighted by Crippen LogP contribution is 2.41. The lowest BCUT2D eigenvalue weighted by Gasteiger charge is -2.15. The summed E-state index contributed by atoms with van der Waals surface area (Å²) in [7, 11) is 0. The number of nitrogens with zero attached hydrogens (tertiary/aromatic N) is 4. The Morgan fingerprint density at radius 1 is 0.419 bits per heavy atom. The zero-order valence-corrected chi connectivity index (χ0v) is 33.8. The van der Waals surface area contributed by atoms with E-state index in [0.717, 1.165) is 61.0 Å². The van der Waals surface area contributed by atoms with Gasteiger partial charge in [-0.25, -0.2) is 9.97 Å². The monoisotopic (exact) mass is 790 g/mol. The van der Waals surface area contributed by atoms with E-state index in [-0.39, 0.29) is 0 Å². The number of aromatic nitrogens is 4. The Morgan fingerprint density at radius 2 is 0.984 bits per heavy atom. The van der Waals surface area contributed by atoms with Gasteiger partial charge >= 0.3 is 0 Å². The predicted octanol–water partition coefficient (Wildman–Crippen LogP) is 15.1. The Morgan fingerprint density at radius 3 is 1.73 bits per heavy atom. The van der Waals surface area contributed by atoms with Crippen LogP contribution < -0.4 is 0 Å². The van der Waals surface area contributed by atoms with Crippen molar-refractivity contribution in [2.24, 2.45) is 0 Å². The van der Waals surface area contributed by atoms with E-state index in [9.17, 15) is 0 Å². The van der Waals surface area contributed by atoms with Gasteiger partial charge in [-0.1, -0.05) is 183 Å². The maximum absolute atomic E-state index is 5.49. The first-order valence-corrected chi connectivity index (χ1v) is 21.0. The average molecular weight is 791 g/mol. The molecule has 0 aliphatic rings. The van der Waals surface area contributed by atoms with Gasteiger partial charge in [0.2, 0.25) is 5.95 Å². The van der Waals surface area contributed by atoms with Crippen molar-refractivity contribution in [3.63, 3.8) is 0 Å². The molecule has 290 valence electrons. The second-order valence-corrected chi connectivity index (χ2v) is 15.7. The van der Waals surface area contributed by atoms with Gasteiger partial charge in [0, 0.05) is 43.7 Å². The summed E-state index contributed by atoms with van der Waals surface area (Å²) in [6.45, 7) is 4.39. The van der Waals surface area contributed by atoms with Gasteiger partial charge in [0.25, 0.3) is 0 Å². The molecular formula is C58H38N4. The minimum Gasteiger partial charge on any atom is -0.309 e. The molecule has 0 aliphatic heterocycles. The molecule has 12 rings (SSSR count). The molecule has 0 saturated carbocycles. The third-order valence-corrected chi connectivity index (χ3v) is 12.4. The standard InChI is InChI=1S/C58H38N4/c1-2-53-47(34-33-39-37-51-46-27-15-17-31-54(46)61(40-21-7-4-8-22-40)57(51)49-28-12-9-23-41(39)49)45-26-14-18-32-55(45)62(53)58-59-52-30-16-13-29-50(52)56(60-58)48-36-35-42(38-19-5-3-6-20-38)43-24-10-11-25-44(43)48/h2-37H,1H2/b34-33+. The van der Waals surface area contributed by atoms with Crippen LogP contribution in [0.4, 0.5) is 0 Å². The second kappa shape index (κ2) is 14.4. The van der Waals surface area contributed by atoms with Crippen molar-refractivity contribution < 1.29 is 0 Å². The van der Waals surface area contributed by atoms with E-state index in [0.29, 0.717) is 5.95 Å². The molecule has 4 heteroatoms. The molecule has 0 radical (unpaired) electrons. The van der Waals surface area contributed by atoms with Gasteiger partial charge in [0.05, 0.1) is 33.5 Å². The summed E-state index contributed by atoms with van der Waals surface area (Å²) in [6, 6.07) is 71.0. The van der Waals surface area contributed by atoms with E-state index in [1.807, 2.05) is 12.1 Å². The van der Waals surface area contributed by atoms with Gasteiger partial charge in [0.1, 0.15) is 0 Å². The highest BCUT2D eigenvalue weighted by molar-refractivity contribution is 6.21. The van der Waals surface area contributed by atoms with Crippen molar-refractivity contribution in [2.45, 2.75) is 0 Å². The summed E-state index contributed by atoms with van der Waals surface area (Å²) in [5.41, 5.74) is 12.9. The number of benzene rings is 9. The van der Waals surface area contributed by atoms with Crippen molar-refractivity contribution in [1.82, 2.24) is 19.1 Å². The normalized spacial score (nSPS) is 11.9. The molecule has 9 aromatic carbocycles. The van der Waals surface area contributed by atoms with Gasteiger partial charge < -0.3 is 4.57 Å². The average Bonchev–Trinajstić information content (AvgIpc) is 3.85. The molecule has 12 aromatic rings. The van der Waals surface area contributed by atoms with E-state index >= 15 is 0 Å². The van der Waals surface area contributed by atoms with Crippen LogP contribution in [0.5, 0.6) is 0 Å². The number of rotatable bonds is 7. The fourth-order valence-electron chi connectivity index (χ4n) is 9.63. The summed E-state index contributed by atoms with van der Waals surface area (Å²) in [5, 5.41) is 9.26. The summed E-state index contributed by atoms with van der Waals surface area (Å²) in [6.07, 6.45) is 6.46. The van der Waals surface area contributed by atoms with Crippen LogP contribution in [0.2, 0.25) is 0 Å². The molecule has 0 fully saturated rings. The second-order valence-electron chi connectivity index (χ2n) is 15.7. The molecule has 3 aromatic heterocycles. The first kappa shape index (κ1) is 35.6. The summed E-state index contributed by atoms with van der Waals surface area (Å²) < 4.78 is 4.58. The SMILES string of the molecule is C=Cc1c(/C=C/c2cc3c4ccccc4n(-c4ccccc4)c3c3ccccc23)c2ccccc2n1-c1nc(-c2ccc(-c3ccccc3)c3ccccc23)c2ccccc2n1. The topological polar surface area (TPSA) is 35.6 Å². The molecule has 0 amide bonds.